The Morgan fingerprint density at radius 3 is 2.23 bits per heavy atom. The van der Waals surface area contributed by atoms with Crippen molar-refractivity contribution in [2.45, 2.75) is 6.17 Å². The molecule has 0 amide bonds. The van der Waals surface area contributed by atoms with E-state index in [0.717, 1.165) is 50.0 Å². The number of benzene rings is 5. The monoisotopic (exact) mass is 502 g/mol. The minimum Gasteiger partial charge on any atom is -0.454 e. The topological polar surface area (TPSA) is 62.8 Å². The molecule has 0 saturated carbocycles. The average molecular weight is 503 g/mol. The molecule has 1 N–H and O–H groups in total. The van der Waals surface area contributed by atoms with Crippen LogP contribution in [0, 0.1) is 0 Å². The van der Waals surface area contributed by atoms with Crippen molar-refractivity contribution in [1.82, 2.24) is 10.3 Å². The average Bonchev–Trinajstić information content (AvgIpc) is 3.39. The molecule has 0 radical (unpaired) electrons. The maximum Gasteiger partial charge on any atom is 0.160 e. The first-order chi connectivity index (χ1) is 19.3. The van der Waals surface area contributed by atoms with Crippen LogP contribution < -0.4 is 5.32 Å². The number of amidine groups is 2. The highest BCUT2D eigenvalue weighted by Crippen LogP contribution is 2.32. The third kappa shape index (κ3) is 3.67. The molecule has 7 aromatic rings. The van der Waals surface area contributed by atoms with Gasteiger partial charge in [0.1, 0.15) is 23.1 Å². The number of hydrogen-bond donors (Lipinski definition) is 1. The minimum absolute atomic E-state index is 0.315. The van der Waals surface area contributed by atoms with E-state index in [0.29, 0.717) is 5.84 Å². The van der Waals surface area contributed by atoms with E-state index < -0.39 is 0 Å². The van der Waals surface area contributed by atoms with Gasteiger partial charge in [-0.1, -0.05) is 84.9 Å². The van der Waals surface area contributed by atoms with Gasteiger partial charge >= 0.3 is 0 Å². The lowest BCUT2D eigenvalue weighted by Gasteiger charge is -2.24. The maximum absolute atomic E-state index is 6.12. The quantitative estimate of drug-likeness (QED) is 0.268. The summed E-state index contributed by atoms with van der Waals surface area (Å²) < 4.78 is 6.12. The second kappa shape index (κ2) is 8.64. The molecule has 1 unspecified atom stereocenters. The first kappa shape index (κ1) is 21.8. The Kier molecular flexibility index (Phi) is 4.82. The van der Waals surface area contributed by atoms with Gasteiger partial charge in [0.2, 0.25) is 0 Å². The first-order valence-electron chi connectivity index (χ1n) is 13.0. The molecule has 3 heterocycles. The number of rotatable bonds is 3. The standard InChI is InChI=1S/C34H22N4O/c1-3-9-23-19-25(16-14-21(23)7-1)32-36-33(26-17-15-22-8-2-4-10-24(22)20-26)38-34(37-32)27-11-5-12-28-30(27)31-29(39-28)13-6-18-35-31/h1-20,32H,(H,36,37,38). The second-order valence-electron chi connectivity index (χ2n) is 9.76. The van der Waals surface area contributed by atoms with Crippen molar-refractivity contribution in [2.75, 3.05) is 0 Å². The molecule has 184 valence electrons. The maximum atomic E-state index is 6.12. The summed E-state index contributed by atoms with van der Waals surface area (Å²) in [4.78, 5) is 14.9. The highest BCUT2D eigenvalue weighted by molar-refractivity contribution is 6.21. The Balaban J connectivity index is 1.34. The van der Waals surface area contributed by atoms with Crippen molar-refractivity contribution in [3.8, 4) is 0 Å². The minimum atomic E-state index is -0.315. The van der Waals surface area contributed by atoms with Crippen LogP contribution in [0.1, 0.15) is 22.9 Å². The van der Waals surface area contributed by atoms with Crippen LogP contribution in [0.25, 0.3) is 43.6 Å². The highest BCUT2D eigenvalue weighted by atomic mass is 16.3. The first-order valence-corrected chi connectivity index (χ1v) is 13.0. The van der Waals surface area contributed by atoms with Gasteiger partial charge in [0.25, 0.3) is 0 Å². The molecular formula is C34H22N4O. The van der Waals surface area contributed by atoms with E-state index >= 15 is 0 Å². The predicted octanol–water partition coefficient (Wildman–Crippen LogP) is 7.78. The molecule has 5 nitrogen and oxygen atoms in total. The molecule has 5 aromatic carbocycles. The van der Waals surface area contributed by atoms with Gasteiger partial charge in [0.15, 0.2) is 11.4 Å². The normalized spacial score (nSPS) is 15.4. The van der Waals surface area contributed by atoms with E-state index in [4.69, 9.17) is 14.4 Å². The van der Waals surface area contributed by atoms with E-state index in [2.05, 4.69) is 101 Å². The number of aromatic nitrogens is 1. The van der Waals surface area contributed by atoms with Crippen LogP contribution >= 0.6 is 0 Å². The Morgan fingerprint density at radius 2 is 1.38 bits per heavy atom. The van der Waals surface area contributed by atoms with Gasteiger partial charge in [0.05, 0.1) is 5.39 Å². The van der Waals surface area contributed by atoms with Crippen LogP contribution in [0.3, 0.4) is 0 Å². The molecule has 1 atom stereocenters. The zero-order chi connectivity index (χ0) is 25.8. The number of furan rings is 1. The lowest BCUT2D eigenvalue weighted by molar-refractivity contribution is 0.667. The van der Waals surface area contributed by atoms with E-state index in [1.165, 1.54) is 16.2 Å². The fourth-order valence-corrected chi connectivity index (χ4v) is 5.43. The second-order valence-corrected chi connectivity index (χ2v) is 9.76. The highest BCUT2D eigenvalue weighted by Gasteiger charge is 2.24. The number of aliphatic imine (C=N–C) groups is 2. The van der Waals surface area contributed by atoms with E-state index in [1.807, 2.05) is 24.3 Å². The number of hydrogen-bond acceptors (Lipinski definition) is 5. The molecular weight excluding hydrogens is 480 g/mol. The van der Waals surface area contributed by atoms with Crippen LogP contribution in [0.2, 0.25) is 0 Å². The molecule has 0 saturated heterocycles. The molecule has 5 heteroatoms. The summed E-state index contributed by atoms with van der Waals surface area (Å²) in [6, 6.07) is 39.5. The number of nitrogens with zero attached hydrogens (tertiary/aromatic N) is 3. The molecule has 2 aromatic heterocycles. The molecule has 0 spiro atoms. The van der Waals surface area contributed by atoms with Crippen LogP contribution in [-0.4, -0.2) is 16.7 Å². The van der Waals surface area contributed by atoms with Gasteiger partial charge in [-0.25, -0.2) is 9.98 Å². The third-order valence-corrected chi connectivity index (χ3v) is 7.35. The van der Waals surface area contributed by atoms with Gasteiger partial charge in [-0.05, 0) is 57.4 Å². The SMILES string of the molecule is c1ccc2cc(C3=NC(c4cccc5oc6cccnc6c45)=NC(c4ccc5ccccc5c4)N3)ccc2c1. The van der Waals surface area contributed by atoms with Gasteiger partial charge in [-0.3, -0.25) is 4.98 Å². The summed E-state index contributed by atoms with van der Waals surface area (Å²) in [5.74, 6) is 1.43. The fraction of sp³-hybridized carbons (Fsp3) is 0.0294. The Labute approximate surface area is 224 Å². The summed E-state index contributed by atoms with van der Waals surface area (Å²) in [5, 5.41) is 9.27. The number of pyridine rings is 1. The Morgan fingerprint density at radius 1 is 0.641 bits per heavy atom. The third-order valence-electron chi connectivity index (χ3n) is 7.35. The Hall–Kier alpha value is -5.29. The zero-order valence-electron chi connectivity index (χ0n) is 20.9. The van der Waals surface area contributed by atoms with Crippen molar-refractivity contribution in [3.63, 3.8) is 0 Å². The van der Waals surface area contributed by atoms with Crippen molar-refractivity contribution in [1.29, 1.82) is 0 Å². The van der Waals surface area contributed by atoms with E-state index in [9.17, 15) is 0 Å². The molecule has 1 aliphatic heterocycles. The van der Waals surface area contributed by atoms with E-state index in [-0.39, 0.29) is 6.17 Å². The van der Waals surface area contributed by atoms with Crippen LogP contribution in [-0.2, 0) is 0 Å². The van der Waals surface area contributed by atoms with Gasteiger partial charge in [0, 0.05) is 17.3 Å². The smallest absolute Gasteiger partial charge is 0.160 e. The Bertz CT molecular complexity index is 2120. The molecule has 0 aliphatic carbocycles. The van der Waals surface area contributed by atoms with Gasteiger partial charge in [-0.15, -0.1) is 0 Å². The van der Waals surface area contributed by atoms with Gasteiger partial charge < -0.3 is 9.73 Å². The predicted molar refractivity (Wildman–Crippen MR) is 158 cm³/mol. The summed E-state index contributed by atoms with van der Waals surface area (Å²) in [5.41, 5.74) is 5.31. The van der Waals surface area contributed by atoms with Crippen LogP contribution in [0.4, 0.5) is 0 Å². The molecule has 39 heavy (non-hydrogen) atoms. The fourth-order valence-electron chi connectivity index (χ4n) is 5.43. The van der Waals surface area contributed by atoms with E-state index in [1.54, 1.807) is 6.20 Å². The van der Waals surface area contributed by atoms with Crippen molar-refractivity contribution in [2.24, 2.45) is 9.98 Å². The van der Waals surface area contributed by atoms with Crippen molar-refractivity contribution < 1.29 is 4.42 Å². The van der Waals surface area contributed by atoms with Gasteiger partial charge in [-0.2, -0.15) is 0 Å². The van der Waals surface area contributed by atoms with Crippen molar-refractivity contribution in [3.05, 3.63) is 138 Å². The largest absolute Gasteiger partial charge is 0.454 e. The lowest BCUT2D eigenvalue weighted by Crippen LogP contribution is -2.33. The summed E-state index contributed by atoms with van der Waals surface area (Å²) >= 11 is 0. The zero-order valence-corrected chi connectivity index (χ0v) is 20.9. The van der Waals surface area contributed by atoms with Crippen LogP contribution in [0.15, 0.2) is 136 Å². The summed E-state index contributed by atoms with van der Waals surface area (Å²) in [6.07, 6.45) is 1.48. The number of nitrogens with one attached hydrogen (secondary N) is 1. The lowest BCUT2D eigenvalue weighted by atomic mass is 10.0. The molecule has 8 rings (SSSR count). The molecule has 1 aliphatic rings. The molecule has 0 bridgehead atoms. The molecule has 0 fully saturated rings. The number of fused-ring (bicyclic) bond motifs is 5. The van der Waals surface area contributed by atoms with Crippen molar-refractivity contribution >= 4 is 55.3 Å². The van der Waals surface area contributed by atoms with Crippen LogP contribution in [0.5, 0.6) is 0 Å². The summed E-state index contributed by atoms with van der Waals surface area (Å²) in [7, 11) is 0. The summed E-state index contributed by atoms with van der Waals surface area (Å²) in [6.45, 7) is 0.